The summed E-state index contributed by atoms with van der Waals surface area (Å²) < 4.78 is 13.8. The van der Waals surface area contributed by atoms with Crippen molar-refractivity contribution in [1.82, 2.24) is 9.97 Å². The van der Waals surface area contributed by atoms with E-state index >= 15 is 0 Å². The number of oxazole rings is 2. The van der Waals surface area contributed by atoms with Gasteiger partial charge in [0.2, 0.25) is 11.8 Å². The van der Waals surface area contributed by atoms with Crippen molar-refractivity contribution < 1.29 is 8.83 Å². The van der Waals surface area contributed by atoms with Crippen molar-refractivity contribution in [2.45, 2.75) is 38.5 Å². The third-order valence-electron chi connectivity index (χ3n) is 26.3. The third-order valence-corrected chi connectivity index (χ3v) is 26.3. The molecule has 0 radical (unpaired) electrons. The van der Waals surface area contributed by atoms with Crippen LogP contribution >= 0.6 is 0 Å². The van der Waals surface area contributed by atoms with Crippen molar-refractivity contribution in [1.29, 1.82) is 0 Å². The highest BCUT2D eigenvalue weighted by Crippen LogP contribution is 2.55. The van der Waals surface area contributed by atoms with Crippen LogP contribution in [0.5, 0.6) is 0 Å². The van der Waals surface area contributed by atoms with Gasteiger partial charge in [0.1, 0.15) is 11.0 Å². The van der Waals surface area contributed by atoms with Gasteiger partial charge in [-0.25, -0.2) is 9.97 Å². The fraction of sp³-hybridized carbons (Fsp3) is 0.0500. The van der Waals surface area contributed by atoms with E-state index in [1.54, 1.807) is 0 Å². The van der Waals surface area contributed by atoms with Crippen LogP contribution in [0.4, 0.5) is 0 Å². The molecule has 4 nitrogen and oxygen atoms in total. The predicted molar refractivity (Wildman–Crippen MR) is 518 cm³/mol. The Kier molecular flexibility index (Phi) is 17.6. The fourth-order valence-electron chi connectivity index (χ4n) is 20.3. The Balaban J connectivity index is 0.000000144. The van der Waals surface area contributed by atoms with Crippen LogP contribution in [0.1, 0.15) is 49.9 Å². The summed E-state index contributed by atoms with van der Waals surface area (Å²) in [6, 6.07) is 153. The molecule has 4 heteroatoms. The molecule has 2 aromatic heterocycles. The molecular weight excluding hydrogens is 1500 g/mol. The van der Waals surface area contributed by atoms with Gasteiger partial charge in [0.15, 0.2) is 11.2 Å². The van der Waals surface area contributed by atoms with Crippen LogP contribution in [0, 0.1) is 0 Å². The first kappa shape index (κ1) is 73.5. The van der Waals surface area contributed by atoms with Gasteiger partial charge in [0.25, 0.3) is 0 Å². The molecule has 0 spiro atoms. The maximum atomic E-state index is 7.06. The number of hydrogen-bond acceptors (Lipinski definition) is 4. The van der Waals surface area contributed by atoms with Crippen molar-refractivity contribution in [3.63, 3.8) is 0 Å². The quantitative estimate of drug-likeness (QED) is 0.114. The standard InChI is InChI=1S/C63H45NO.C57H37NO/c1-62(2)53-24-14-12-18-45(53)47-32-30-41(36-55(47)62)43-34-35-44(42-31-33-48-46-19-13-15-25-54(46)63(3,4)56(48)37-42)60-59(43)64-61(65-60)40-28-26-39(27-29-40)58-51-22-10-8-20-49(51)57(38-16-6-5-7-17-38)50-21-9-11-23-52(50)58;1-4-18-38(19-5-1)43-24-10-12-26-45(43)51-36-53-54(37-52(51)46-27-13-11-25-44(46)39-20-6-2-7-21-39)59-57(58-53)42-34-32-41(33-35-42)56-49-30-16-14-28-47(49)55(40-22-8-3-9-23-40)48-29-15-17-31-50(48)56/h5-37H,1-4H3;1-37H. The van der Waals surface area contributed by atoms with E-state index in [0.717, 1.165) is 94.5 Å². The predicted octanol–water partition coefficient (Wildman–Crippen LogP) is 32.9. The van der Waals surface area contributed by atoms with Crippen LogP contribution < -0.4 is 0 Å². The number of benzene rings is 20. The van der Waals surface area contributed by atoms with Crippen molar-refractivity contribution in [2.75, 3.05) is 0 Å². The second kappa shape index (κ2) is 29.7. The van der Waals surface area contributed by atoms with Crippen molar-refractivity contribution in [3.8, 4) is 156 Å². The van der Waals surface area contributed by atoms with Gasteiger partial charge >= 0.3 is 0 Å². The molecule has 584 valence electrons. The largest absolute Gasteiger partial charge is 0.436 e. The number of fused-ring (bicyclic) bond motifs is 12. The molecule has 0 amide bonds. The van der Waals surface area contributed by atoms with E-state index < -0.39 is 0 Å². The van der Waals surface area contributed by atoms with E-state index in [2.05, 4.69) is 452 Å². The molecule has 22 aromatic rings. The van der Waals surface area contributed by atoms with E-state index in [1.165, 1.54) is 138 Å². The fourth-order valence-corrected chi connectivity index (χ4v) is 20.3. The molecule has 0 N–H and O–H groups in total. The van der Waals surface area contributed by atoms with E-state index in [1.807, 2.05) is 0 Å². The van der Waals surface area contributed by atoms with Crippen LogP contribution in [0.3, 0.4) is 0 Å². The highest BCUT2D eigenvalue weighted by atomic mass is 16.4. The van der Waals surface area contributed by atoms with Crippen molar-refractivity contribution >= 4 is 65.3 Å². The second-order valence-corrected chi connectivity index (χ2v) is 34.0. The molecule has 0 saturated heterocycles. The molecule has 0 atom stereocenters. The van der Waals surface area contributed by atoms with Crippen LogP contribution in [-0.2, 0) is 10.8 Å². The lowest BCUT2D eigenvalue weighted by atomic mass is 9.81. The Morgan fingerprint density at radius 1 is 0.185 bits per heavy atom. The van der Waals surface area contributed by atoms with Gasteiger partial charge in [-0.1, -0.05) is 398 Å². The Morgan fingerprint density at radius 3 is 0.871 bits per heavy atom. The normalized spacial score (nSPS) is 12.8. The zero-order valence-corrected chi connectivity index (χ0v) is 69.1. The maximum absolute atomic E-state index is 7.06. The van der Waals surface area contributed by atoms with Crippen LogP contribution in [0.25, 0.3) is 222 Å². The van der Waals surface area contributed by atoms with Gasteiger partial charge in [0.05, 0.1) is 0 Å². The van der Waals surface area contributed by atoms with Gasteiger partial charge in [-0.3, -0.25) is 0 Å². The number of hydrogen-bond donors (Lipinski definition) is 0. The molecule has 0 bridgehead atoms. The van der Waals surface area contributed by atoms with Gasteiger partial charge < -0.3 is 8.83 Å². The van der Waals surface area contributed by atoms with Crippen LogP contribution in [0.2, 0.25) is 0 Å². The number of aromatic nitrogens is 2. The molecule has 24 rings (SSSR count). The smallest absolute Gasteiger partial charge is 0.227 e. The van der Waals surface area contributed by atoms with Crippen LogP contribution in [0.15, 0.2) is 433 Å². The zero-order chi connectivity index (χ0) is 82.7. The van der Waals surface area contributed by atoms with E-state index in [4.69, 9.17) is 18.8 Å². The zero-order valence-electron chi connectivity index (χ0n) is 69.1. The summed E-state index contributed by atoms with van der Waals surface area (Å²) in [5.41, 5.74) is 38.8. The molecular formula is C120H82N2O2. The molecule has 0 saturated carbocycles. The molecule has 0 unspecified atom stereocenters. The van der Waals surface area contributed by atoms with Gasteiger partial charge in [-0.05, 0) is 242 Å². The summed E-state index contributed by atoms with van der Waals surface area (Å²) in [5, 5.41) is 9.89. The molecule has 124 heavy (non-hydrogen) atoms. The van der Waals surface area contributed by atoms with E-state index in [-0.39, 0.29) is 10.8 Å². The number of nitrogens with zero attached hydrogens (tertiary/aromatic N) is 2. The minimum Gasteiger partial charge on any atom is -0.436 e. The first-order valence-electron chi connectivity index (χ1n) is 42.9. The van der Waals surface area contributed by atoms with E-state index in [0.29, 0.717) is 11.8 Å². The summed E-state index contributed by atoms with van der Waals surface area (Å²) in [7, 11) is 0. The molecule has 2 aliphatic rings. The number of rotatable bonds is 12. The van der Waals surface area contributed by atoms with Gasteiger partial charge in [-0.15, -0.1) is 0 Å². The molecule has 20 aromatic carbocycles. The Bertz CT molecular complexity index is 7610. The summed E-state index contributed by atoms with van der Waals surface area (Å²) in [6.45, 7) is 9.37. The average Bonchev–Trinajstić information content (AvgIpc) is 1.65. The Morgan fingerprint density at radius 2 is 0.468 bits per heavy atom. The topological polar surface area (TPSA) is 52.1 Å². The molecule has 2 aliphatic carbocycles. The summed E-state index contributed by atoms with van der Waals surface area (Å²) in [6.07, 6.45) is 0. The van der Waals surface area contributed by atoms with Crippen molar-refractivity contribution in [2.24, 2.45) is 0 Å². The van der Waals surface area contributed by atoms with Crippen molar-refractivity contribution in [3.05, 3.63) is 447 Å². The van der Waals surface area contributed by atoms with Gasteiger partial charge in [0, 0.05) is 33.1 Å². The SMILES string of the molecule is CC1(C)c2ccccc2-c2ccc(-c3ccc(-c4ccc5c(c4)C(C)(C)c4ccccc4-5)c4oc(-c5ccc(-c6c7ccccc7c(-c7ccccc7)c7ccccc67)cc5)nc34)cc21.c1ccc(-c2ccccc2-c2cc3nc(-c4ccc(-c5c6ccccc6c(-c6ccccc6)c6ccccc56)cc4)oc3cc2-c2ccccc2-c2ccccc2)cc1. The minimum absolute atomic E-state index is 0.120. The monoisotopic (exact) mass is 1580 g/mol. The molecule has 0 fully saturated rings. The third kappa shape index (κ3) is 12.2. The average molecular weight is 1580 g/mol. The minimum atomic E-state index is -0.122. The highest BCUT2D eigenvalue weighted by molar-refractivity contribution is 6.23. The first-order valence-corrected chi connectivity index (χ1v) is 42.9. The summed E-state index contributed by atoms with van der Waals surface area (Å²) in [5.74, 6) is 1.20. The highest BCUT2D eigenvalue weighted by Gasteiger charge is 2.38. The lowest BCUT2D eigenvalue weighted by Gasteiger charge is -2.22. The van der Waals surface area contributed by atoms with Gasteiger partial charge in [-0.2, -0.15) is 0 Å². The maximum Gasteiger partial charge on any atom is 0.227 e. The lowest BCUT2D eigenvalue weighted by Crippen LogP contribution is -2.15. The lowest BCUT2D eigenvalue weighted by molar-refractivity contribution is 0.620. The Labute approximate surface area is 721 Å². The first-order chi connectivity index (χ1) is 61.0. The second-order valence-electron chi connectivity index (χ2n) is 34.0. The molecule has 2 heterocycles. The van der Waals surface area contributed by atoms with E-state index in [9.17, 15) is 0 Å². The van der Waals surface area contributed by atoms with Crippen LogP contribution in [-0.4, -0.2) is 9.97 Å². The Hall–Kier alpha value is -15.6. The molecule has 0 aliphatic heterocycles. The summed E-state index contributed by atoms with van der Waals surface area (Å²) >= 11 is 0. The summed E-state index contributed by atoms with van der Waals surface area (Å²) in [4.78, 5) is 10.6.